The first-order valence-electron chi connectivity index (χ1n) is 6.17. The number of aromatic nitrogens is 2. The summed E-state index contributed by atoms with van der Waals surface area (Å²) in [5, 5.41) is 12.9. The number of nitrogens with zero attached hydrogens (tertiary/aromatic N) is 3. The third kappa shape index (κ3) is 1.90. The number of ether oxygens (including phenoxy) is 1. The average Bonchev–Trinajstić information content (AvgIpc) is 2.88. The van der Waals surface area contributed by atoms with Crippen molar-refractivity contribution in [2.75, 3.05) is 7.11 Å². The molecule has 0 N–H and O–H groups in total. The number of hydrogen-bond donors (Lipinski definition) is 0. The molecule has 1 aromatic carbocycles. The molecule has 1 fully saturated rings. The van der Waals surface area contributed by atoms with E-state index in [0.717, 1.165) is 24.8 Å². The van der Waals surface area contributed by atoms with Gasteiger partial charge in [0, 0.05) is 12.7 Å². The van der Waals surface area contributed by atoms with Gasteiger partial charge in [0.1, 0.15) is 5.60 Å². The van der Waals surface area contributed by atoms with E-state index < -0.39 is 0 Å². The van der Waals surface area contributed by atoms with E-state index in [9.17, 15) is 0 Å². The van der Waals surface area contributed by atoms with Crippen molar-refractivity contribution in [1.29, 1.82) is 5.26 Å². The maximum absolute atomic E-state index is 8.89. The Hall–Kier alpha value is -2.19. The van der Waals surface area contributed by atoms with E-state index in [0.29, 0.717) is 17.3 Å². The van der Waals surface area contributed by atoms with E-state index in [1.165, 1.54) is 0 Å². The molecule has 0 spiro atoms. The molecule has 5 nitrogen and oxygen atoms in total. The largest absolute Gasteiger partial charge is 0.370 e. The fraction of sp³-hybridized carbons (Fsp3) is 0.357. The van der Waals surface area contributed by atoms with Gasteiger partial charge in [-0.15, -0.1) is 0 Å². The molecule has 19 heavy (non-hydrogen) atoms. The molecule has 1 aliphatic rings. The van der Waals surface area contributed by atoms with Crippen LogP contribution in [0.15, 0.2) is 28.8 Å². The van der Waals surface area contributed by atoms with Gasteiger partial charge in [-0.25, -0.2) is 0 Å². The summed E-state index contributed by atoms with van der Waals surface area (Å²) in [6.07, 6.45) is 2.95. The van der Waals surface area contributed by atoms with Crippen LogP contribution in [0.2, 0.25) is 0 Å². The number of rotatable bonds is 3. The van der Waals surface area contributed by atoms with Crippen molar-refractivity contribution in [1.82, 2.24) is 10.1 Å². The molecule has 1 aromatic heterocycles. The van der Waals surface area contributed by atoms with Crippen LogP contribution in [0.5, 0.6) is 0 Å². The van der Waals surface area contributed by atoms with Crippen molar-refractivity contribution in [3.05, 3.63) is 35.7 Å². The molecule has 3 rings (SSSR count). The zero-order valence-electron chi connectivity index (χ0n) is 10.6. The van der Waals surface area contributed by atoms with Crippen LogP contribution in [0.3, 0.4) is 0 Å². The van der Waals surface area contributed by atoms with Crippen LogP contribution in [0.1, 0.15) is 30.7 Å². The molecule has 0 amide bonds. The van der Waals surface area contributed by atoms with Crippen LogP contribution in [0.25, 0.3) is 11.5 Å². The lowest BCUT2D eigenvalue weighted by Crippen LogP contribution is -2.37. The zero-order chi connectivity index (χ0) is 13.3. The van der Waals surface area contributed by atoms with Gasteiger partial charge in [0.05, 0.1) is 11.6 Å². The maximum atomic E-state index is 8.89. The summed E-state index contributed by atoms with van der Waals surface area (Å²) in [6, 6.07) is 9.21. The highest BCUT2D eigenvalue weighted by Gasteiger charge is 2.43. The Labute approximate surface area is 110 Å². The molecule has 0 unspecified atom stereocenters. The van der Waals surface area contributed by atoms with Crippen molar-refractivity contribution < 1.29 is 9.26 Å². The SMILES string of the molecule is COC1(c2noc(-c3cccc(C#N)c3)n2)CCC1. The molecule has 0 saturated heterocycles. The van der Waals surface area contributed by atoms with Gasteiger partial charge in [0.2, 0.25) is 5.82 Å². The first-order chi connectivity index (χ1) is 9.27. The van der Waals surface area contributed by atoms with Crippen molar-refractivity contribution in [2.45, 2.75) is 24.9 Å². The Morgan fingerprint density at radius 1 is 1.42 bits per heavy atom. The highest BCUT2D eigenvalue weighted by molar-refractivity contribution is 5.56. The van der Waals surface area contributed by atoms with Crippen molar-refractivity contribution in [3.8, 4) is 17.5 Å². The summed E-state index contributed by atoms with van der Waals surface area (Å²) >= 11 is 0. The summed E-state index contributed by atoms with van der Waals surface area (Å²) in [7, 11) is 1.67. The Morgan fingerprint density at radius 3 is 2.89 bits per heavy atom. The first-order valence-corrected chi connectivity index (χ1v) is 6.17. The summed E-state index contributed by atoms with van der Waals surface area (Å²) < 4.78 is 10.8. The quantitative estimate of drug-likeness (QED) is 0.843. The Kier molecular flexibility index (Phi) is 2.80. The average molecular weight is 255 g/mol. The number of hydrogen-bond acceptors (Lipinski definition) is 5. The number of nitriles is 1. The lowest BCUT2D eigenvalue weighted by Gasteiger charge is -2.37. The standard InChI is InChI=1S/C14H13N3O2/c1-18-14(6-3-7-14)13-16-12(19-17-13)11-5-2-4-10(8-11)9-15/h2,4-5,8H,3,6-7H2,1H3. The fourth-order valence-electron chi connectivity index (χ4n) is 2.26. The molecule has 0 atom stereocenters. The summed E-state index contributed by atoms with van der Waals surface area (Å²) in [4.78, 5) is 4.41. The highest BCUT2D eigenvalue weighted by atomic mass is 16.5. The molecular weight excluding hydrogens is 242 g/mol. The van der Waals surface area contributed by atoms with Crippen LogP contribution in [-0.4, -0.2) is 17.3 Å². The fourth-order valence-corrected chi connectivity index (χ4v) is 2.26. The van der Waals surface area contributed by atoms with E-state index in [2.05, 4.69) is 16.2 Å². The second-order valence-electron chi connectivity index (χ2n) is 4.67. The van der Waals surface area contributed by atoms with E-state index >= 15 is 0 Å². The lowest BCUT2D eigenvalue weighted by atomic mass is 9.79. The molecule has 96 valence electrons. The topological polar surface area (TPSA) is 71.9 Å². The van der Waals surface area contributed by atoms with Crippen LogP contribution < -0.4 is 0 Å². The number of methoxy groups -OCH3 is 1. The van der Waals surface area contributed by atoms with Gasteiger partial charge < -0.3 is 9.26 Å². The zero-order valence-corrected chi connectivity index (χ0v) is 10.6. The van der Waals surface area contributed by atoms with Gasteiger partial charge in [-0.1, -0.05) is 11.2 Å². The van der Waals surface area contributed by atoms with Crippen LogP contribution in [-0.2, 0) is 10.3 Å². The Bertz CT molecular complexity index is 633. The van der Waals surface area contributed by atoms with Gasteiger partial charge in [0.25, 0.3) is 5.89 Å². The number of benzene rings is 1. The summed E-state index contributed by atoms with van der Waals surface area (Å²) in [5.41, 5.74) is 0.944. The summed E-state index contributed by atoms with van der Waals surface area (Å²) in [5.74, 6) is 1.02. The second kappa shape index (κ2) is 4.48. The molecule has 1 heterocycles. The van der Waals surface area contributed by atoms with Gasteiger partial charge >= 0.3 is 0 Å². The molecule has 1 saturated carbocycles. The minimum atomic E-state index is -0.380. The van der Waals surface area contributed by atoms with E-state index in [4.69, 9.17) is 14.5 Å². The summed E-state index contributed by atoms with van der Waals surface area (Å²) in [6.45, 7) is 0. The third-order valence-corrected chi connectivity index (χ3v) is 3.62. The van der Waals surface area contributed by atoms with Gasteiger partial charge in [-0.05, 0) is 37.5 Å². The predicted molar refractivity (Wildman–Crippen MR) is 67.0 cm³/mol. The van der Waals surface area contributed by atoms with E-state index in [1.54, 1.807) is 25.3 Å². The predicted octanol–water partition coefficient (Wildman–Crippen LogP) is 2.63. The Morgan fingerprint density at radius 2 is 2.26 bits per heavy atom. The van der Waals surface area contributed by atoms with Crippen molar-refractivity contribution in [2.24, 2.45) is 0 Å². The molecular formula is C14H13N3O2. The second-order valence-corrected chi connectivity index (χ2v) is 4.67. The smallest absolute Gasteiger partial charge is 0.258 e. The van der Waals surface area contributed by atoms with Gasteiger partial charge in [0.15, 0.2) is 0 Å². The highest BCUT2D eigenvalue weighted by Crippen LogP contribution is 2.43. The molecule has 2 aromatic rings. The minimum absolute atomic E-state index is 0.380. The Balaban J connectivity index is 1.95. The van der Waals surface area contributed by atoms with Crippen molar-refractivity contribution >= 4 is 0 Å². The first kappa shape index (κ1) is 11.9. The van der Waals surface area contributed by atoms with Crippen LogP contribution in [0.4, 0.5) is 0 Å². The maximum Gasteiger partial charge on any atom is 0.258 e. The lowest BCUT2D eigenvalue weighted by molar-refractivity contribution is -0.0858. The molecule has 0 radical (unpaired) electrons. The molecule has 0 aliphatic heterocycles. The van der Waals surface area contributed by atoms with Gasteiger partial charge in [-0.2, -0.15) is 10.2 Å². The van der Waals surface area contributed by atoms with E-state index in [-0.39, 0.29) is 5.60 Å². The van der Waals surface area contributed by atoms with Crippen LogP contribution >= 0.6 is 0 Å². The van der Waals surface area contributed by atoms with Gasteiger partial charge in [-0.3, -0.25) is 0 Å². The molecule has 5 heteroatoms. The normalized spacial score (nSPS) is 16.6. The van der Waals surface area contributed by atoms with Crippen LogP contribution in [0, 0.1) is 11.3 Å². The third-order valence-electron chi connectivity index (χ3n) is 3.62. The molecule has 0 bridgehead atoms. The van der Waals surface area contributed by atoms with E-state index in [1.807, 2.05) is 6.07 Å². The minimum Gasteiger partial charge on any atom is -0.370 e. The molecule has 1 aliphatic carbocycles. The monoisotopic (exact) mass is 255 g/mol. The van der Waals surface area contributed by atoms with Crippen molar-refractivity contribution in [3.63, 3.8) is 0 Å².